The highest BCUT2D eigenvalue weighted by Crippen LogP contribution is 2.34. The van der Waals surface area contributed by atoms with E-state index in [0.29, 0.717) is 41.9 Å². The average molecular weight is 368 g/mol. The first-order valence-corrected chi connectivity index (χ1v) is 8.30. The molecule has 0 atom stereocenters. The molecule has 0 spiro atoms. The number of piperazine rings is 1. The van der Waals surface area contributed by atoms with Crippen LogP contribution in [0.4, 0.5) is 20.6 Å². The zero-order valence-corrected chi connectivity index (χ0v) is 14.3. The summed E-state index contributed by atoms with van der Waals surface area (Å²) in [6, 6.07) is 11.0. The molecule has 1 heterocycles. The van der Waals surface area contributed by atoms with Crippen LogP contribution in [0.1, 0.15) is 0 Å². The molecule has 2 amide bonds. The topological polar surface area (TPSA) is 35.6 Å². The molecule has 0 aromatic heterocycles. The fraction of sp³-hybridized carbons (Fsp3) is 0.235. The number of anilines is 2. The van der Waals surface area contributed by atoms with Crippen LogP contribution in [0.3, 0.4) is 0 Å². The summed E-state index contributed by atoms with van der Waals surface area (Å²) in [5.74, 6) is -0.383. The van der Waals surface area contributed by atoms with E-state index >= 15 is 0 Å². The van der Waals surface area contributed by atoms with Gasteiger partial charge in [-0.05, 0) is 30.3 Å². The normalized spacial score (nSPS) is 14.6. The highest BCUT2D eigenvalue weighted by atomic mass is 35.5. The Labute approximate surface area is 149 Å². The number of nitrogens with zero attached hydrogens (tertiary/aromatic N) is 2. The second kappa shape index (κ2) is 7.28. The Kier molecular flexibility index (Phi) is 5.11. The van der Waals surface area contributed by atoms with E-state index in [9.17, 15) is 9.18 Å². The van der Waals surface area contributed by atoms with Gasteiger partial charge in [0.25, 0.3) is 0 Å². The van der Waals surface area contributed by atoms with E-state index in [4.69, 9.17) is 23.2 Å². The fourth-order valence-electron chi connectivity index (χ4n) is 2.69. The van der Waals surface area contributed by atoms with Gasteiger partial charge in [-0.3, -0.25) is 0 Å². The Morgan fingerprint density at radius 1 is 1.00 bits per heavy atom. The third kappa shape index (κ3) is 3.74. The van der Waals surface area contributed by atoms with Gasteiger partial charge in [-0.25, -0.2) is 9.18 Å². The number of rotatable bonds is 2. The highest BCUT2D eigenvalue weighted by Gasteiger charge is 2.23. The molecule has 3 rings (SSSR count). The van der Waals surface area contributed by atoms with Crippen LogP contribution >= 0.6 is 23.2 Å². The molecular formula is C17H16Cl2FN3O. The van der Waals surface area contributed by atoms with Crippen molar-refractivity contribution in [3.05, 3.63) is 58.3 Å². The van der Waals surface area contributed by atoms with Crippen molar-refractivity contribution in [2.24, 2.45) is 0 Å². The number of amides is 2. The Bertz CT molecular complexity index is 728. The fourth-order valence-corrected chi connectivity index (χ4v) is 3.33. The van der Waals surface area contributed by atoms with Crippen LogP contribution in [0.15, 0.2) is 42.5 Å². The third-order valence-electron chi connectivity index (χ3n) is 3.90. The van der Waals surface area contributed by atoms with E-state index < -0.39 is 0 Å². The molecular weight excluding hydrogens is 352 g/mol. The molecule has 1 saturated heterocycles. The van der Waals surface area contributed by atoms with E-state index in [-0.39, 0.29) is 11.8 Å². The molecule has 1 fully saturated rings. The number of halogens is 3. The summed E-state index contributed by atoms with van der Waals surface area (Å²) in [6.45, 7) is 2.31. The van der Waals surface area contributed by atoms with Crippen LogP contribution in [0.5, 0.6) is 0 Å². The predicted octanol–water partition coefficient (Wildman–Crippen LogP) is 4.49. The molecule has 0 unspecified atom stereocenters. The summed E-state index contributed by atoms with van der Waals surface area (Å²) >= 11 is 12.5. The SMILES string of the molecule is O=C(Nc1cccc(F)c1)N1CCN(c2c(Cl)cccc2Cl)CC1. The van der Waals surface area contributed by atoms with E-state index in [2.05, 4.69) is 10.2 Å². The van der Waals surface area contributed by atoms with Gasteiger partial charge in [0.2, 0.25) is 0 Å². The quantitative estimate of drug-likeness (QED) is 0.848. The maximum Gasteiger partial charge on any atom is 0.321 e. The molecule has 0 aliphatic carbocycles. The molecule has 0 saturated carbocycles. The summed E-state index contributed by atoms with van der Waals surface area (Å²) in [5.41, 5.74) is 1.24. The lowest BCUT2D eigenvalue weighted by atomic mass is 10.2. The van der Waals surface area contributed by atoms with E-state index in [1.165, 1.54) is 12.1 Å². The average Bonchev–Trinajstić information content (AvgIpc) is 2.55. The number of nitrogens with one attached hydrogen (secondary N) is 1. The molecule has 1 aliphatic heterocycles. The van der Waals surface area contributed by atoms with Crippen LogP contribution in [0, 0.1) is 5.82 Å². The maximum atomic E-state index is 13.2. The van der Waals surface area contributed by atoms with Gasteiger partial charge in [-0.2, -0.15) is 0 Å². The van der Waals surface area contributed by atoms with Gasteiger partial charge in [-0.1, -0.05) is 35.3 Å². The number of carbonyl (C=O) groups excluding carboxylic acids is 1. The van der Waals surface area contributed by atoms with Crippen LogP contribution in [0.2, 0.25) is 10.0 Å². The Morgan fingerprint density at radius 2 is 1.62 bits per heavy atom. The molecule has 2 aromatic rings. The van der Waals surface area contributed by atoms with Crippen LogP contribution < -0.4 is 10.2 Å². The van der Waals surface area contributed by atoms with E-state index in [1.54, 1.807) is 35.2 Å². The van der Waals surface area contributed by atoms with E-state index in [1.807, 2.05) is 0 Å². The molecule has 24 heavy (non-hydrogen) atoms. The van der Waals surface area contributed by atoms with Gasteiger partial charge >= 0.3 is 6.03 Å². The molecule has 0 radical (unpaired) electrons. The summed E-state index contributed by atoms with van der Waals surface area (Å²) < 4.78 is 13.2. The minimum Gasteiger partial charge on any atom is -0.366 e. The van der Waals surface area contributed by atoms with Crippen molar-refractivity contribution < 1.29 is 9.18 Å². The van der Waals surface area contributed by atoms with Gasteiger partial charge < -0.3 is 15.1 Å². The van der Waals surface area contributed by atoms with Crippen LogP contribution in [-0.4, -0.2) is 37.1 Å². The number of benzene rings is 2. The summed E-state index contributed by atoms with van der Waals surface area (Å²) in [7, 11) is 0. The number of hydrogen-bond donors (Lipinski definition) is 1. The second-order valence-corrected chi connectivity index (χ2v) is 6.30. The molecule has 1 N–H and O–H groups in total. The zero-order chi connectivity index (χ0) is 17.1. The van der Waals surface area contributed by atoms with Crippen molar-refractivity contribution in [3.8, 4) is 0 Å². The van der Waals surface area contributed by atoms with Gasteiger partial charge in [0.15, 0.2) is 0 Å². The van der Waals surface area contributed by atoms with E-state index in [0.717, 1.165) is 5.69 Å². The van der Waals surface area contributed by atoms with Crippen molar-refractivity contribution in [2.45, 2.75) is 0 Å². The molecule has 2 aromatic carbocycles. The van der Waals surface area contributed by atoms with Crippen molar-refractivity contribution in [1.82, 2.24) is 4.90 Å². The molecule has 7 heteroatoms. The monoisotopic (exact) mass is 367 g/mol. The molecule has 126 valence electrons. The van der Waals surface area contributed by atoms with Crippen molar-refractivity contribution in [3.63, 3.8) is 0 Å². The lowest BCUT2D eigenvalue weighted by Gasteiger charge is -2.36. The standard InChI is InChI=1S/C17H16Cl2FN3O/c18-14-5-2-6-15(19)16(14)22-7-9-23(10-8-22)17(24)21-13-4-1-3-12(20)11-13/h1-6,11H,7-10H2,(H,21,24). The van der Waals surface area contributed by atoms with Gasteiger partial charge in [0.1, 0.15) is 5.82 Å². The number of hydrogen-bond acceptors (Lipinski definition) is 2. The predicted molar refractivity (Wildman–Crippen MR) is 95.7 cm³/mol. The minimum atomic E-state index is -0.383. The summed E-state index contributed by atoms with van der Waals surface area (Å²) in [4.78, 5) is 16.0. The van der Waals surface area contributed by atoms with Crippen molar-refractivity contribution >= 4 is 40.6 Å². The van der Waals surface area contributed by atoms with Crippen LogP contribution in [0.25, 0.3) is 0 Å². The first-order valence-electron chi connectivity index (χ1n) is 7.55. The Morgan fingerprint density at radius 3 is 2.25 bits per heavy atom. The molecule has 0 bridgehead atoms. The minimum absolute atomic E-state index is 0.245. The number of carbonyl (C=O) groups is 1. The summed E-state index contributed by atoms with van der Waals surface area (Å²) in [5, 5.41) is 3.90. The van der Waals surface area contributed by atoms with Gasteiger partial charge in [-0.15, -0.1) is 0 Å². The maximum absolute atomic E-state index is 13.2. The number of urea groups is 1. The largest absolute Gasteiger partial charge is 0.366 e. The number of para-hydroxylation sites is 1. The highest BCUT2D eigenvalue weighted by molar-refractivity contribution is 6.39. The zero-order valence-electron chi connectivity index (χ0n) is 12.8. The smallest absolute Gasteiger partial charge is 0.321 e. The van der Waals surface area contributed by atoms with Gasteiger partial charge in [0.05, 0.1) is 15.7 Å². The van der Waals surface area contributed by atoms with Gasteiger partial charge in [0, 0.05) is 31.9 Å². The first-order chi connectivity index (χ1) is 11.5. The van der Waals surface area contributed by atoms with Crippen LogP contribution in [-0.2, 0) is 0 Å². The Balaban J connectivity index is 1.61. The second-order valence-electron chi connectivity index (χ2n) is 5.48. The van der Waals surface area contributed by atoms with Crippen molar-refractivity contribution in [2.75, 3.05) is 36.4 Å². The summed E-state index contributed by atoms with van der Waals surface area (Å²) in [6.07, 6.45) is 0. The third-order valence-corrected chi connectivity index (χ3v) is 4.51. The lowest BCUT2D eigenvalue weighted by Crippen LogP contribution is -2.50. The molecule has 4 nitrogen and oxygen atoms in total. The lowest BCUT2D eigenvalue weighted by molar-refractivity contribution is 0.208. The van der Waals surface area contributed by atoms with Crippen molar-refractivity contribution in [1.29, 1.82) is 0 Å². The Hall–Kier alpha value is -1.98. The molecule has 1 aliphatic rings. The first kappa shape index (κ1) is 16.9.